The first-order chi connectivity index (χ1) is 15.3. The van der Waals surface area contributed by atoms with Gasteiger partial charge in [0.15, 0.2) is 4.77 Å². The second-order valence-electron chi connectivity index (χ2n) is 7.14. The highest BCUT2D eigenvalue weighted by Crippen LogP contribution is 2.21. The number of aromatic amines is 1. The summed E-state index contributed by atoms with van der Waals surface area (Å²) in [6, 6.07) is 10.4. The number of benzene rings is 2. The number of H-pyrrole nitrogens is 1. The Kier molecular flexibility index (Phi) is 7.70. The lowest BCUT2D eigenvalue weighted by molar-refractivity contribution is -0.0499. The number of methoxy groups -OCH3 is 1. The van der Waals surface area contributed by atoms with Gasteiger partial charge in [-0.1, -0.05) is 12.1 Å². The Balaban J connectivity index is 1.80. The molecule has 10 heteroatoms. The molecule has 0 fully saturated rings. The van der Waals surface area contributed by atoms with Crippen LogP contribution in [0, 0.1) is 4.77 Å². The molecule has 7 nitrogen and oxygen atoms in total. The lowest BCUT2D eigenvalue weighted by Gasteiger charge is -2.16. The van der Waals surface area contributed by atoms with Gasteiger partial charge in [-0.05, 0) is 61.5 Å². The van der Waals surface area contributed by atoms with Gasteiger partial charge in [-0.3, -0.25) is 14.2 Å². The van der Waals surface area contributed by atoms with E-state index in [1.807, 2.05) is 0 Å². The Labute approximate surface area is 188 Å². The van der Waals surface area contributed by atoms with E-state index in [2.05, 4.69) is 15.0 Å². The number of nitrogens with zero attached hydrogens (tertiary/aromatic N) is 1. The molecule has 0 saturated heterocycles. The van der Waals surface area contributed by atoms with Crippen LogP contribution in [0.5, 0.6) is 5.75 Å². The van der Waals surface area contributed by atoms with E-state index in [9.17, 15) is 18.4 Å². The Hall–Kier alpha value is -3.11. The van der Waals surface area contributed by atoms with E-state index in [1.165, 1.54) is 16.7 Å². The SMILES string of the molecule is COCCCn1c(=S)[nH]c2cc(C(=O)NC(C)c3cccc(OC(F)F)c3)ccc2c1=O. The first-order valence-corrected chi connectivity index (χ1v) is 10.3. The summed E-state index contributed by atoms with van der Waals surface area (Å²) in [5, 5.41) is 3.23. The van der Waals surface area contributed by atoms with Crippen molar-refractivity contribution in [3.05, 3.63) is 68.7 Å². The number of halogens is 2. The van der Waals surface area contributed by atoms with Crippen LogP contribution in [0.2, 0.25) is 0 Å². The quantitative estimate of drug-likeness (QED) is 0.367. The number of amides is 1. The molecule has 1 heterocycles. The van der Waals surface area contributed by atoms with E-state index in [4.69, 9.17) is 17.0 Å². The van der Waals surface area contributed by atoms with Gasteiger partial charge in [0.25, 0.3) is 11.5 Å². The first kappa shape index (κ1) is 23.6. The minimum atomic E-state index is -2.93. The zero-order valence-electron chi connectivity index (χ0n) is 17.6. The van der Waals surface area contributed by atoms with Crippen molar-refractivity contribution < 1.29 is 23.0 Å². The van der Waals surface area contributed by atoms with Crippen molar-refractivity contribution in [3.63, 3.8) is 0 Å². The standard InChI is InChI=1S/C22H23F2N3O4S/c1-13(14-5-3-6-16(11-14)31-21(23)24)25-19(28)15-7-8-17-18(12-15)26-22(32)27(20(17)29)9-4-10-30-2/h3,5-8,11-13,21H,4,9-10H2,1-2H3,(H,25,28)(H,26,32). The van der Waals surface area contributed by atoms with E-state index >= 15 is 0 Å². The van der Waals surface area contributed by atoms with Gasteiger partial charge in [-0.25, -0.2) is 0 Å². The van der Waals surface area contributed by atoms with E-state index in [0.717, 1.165) is 0 Å². The van der Waals surface area contributed by atoms with Crippen LogP contribution in [-0.2, 0) is 11.3 Å². The molecular formula is C22H23F2N3O4S. The number of carbonyl (C=O) groups is 1. The fraction of sp³-hybridized carbons (Fsp3) is 0.318. The molecule has 3 aromatic rings. The van der Waals surface area contributed by atoms with Crippen molar-refractivity contribution in [1.82, 2.24) is 14.9 Å². The van der Waals surface area contributed by atoms with Crippen LogP contribution in [0.25, 0.3) is 10.9 Å². The second-order valence-corrected chi connectivity index (χ2v) is 7.53. The largest absolute Gasteiger partial charge is 0.435 e. The Bertz CT molecular complexity index is 1230. The second kappa shape index (κ2) is 10.5. The van der Waals surface area contributed by atoms with Gasteiger partial charge in [-0.15, -0.1) is 0 Å². The molecule has 1 unspecified atom stereocenters. The number of carbonyl (C=O) groups excluding carboxylic acids is 1. The average molecular weight is 464 g/mol. The number of aromatic nitrogens is 2. The molecule has 0 bridgehead atoms. The summed E-state index contributed by atoms with van der Waals surface area (Å²) in [6.45, 7) is -0.269. The third kappa shape index (κ3) is 5.57. The zero-order valence-corrected chi connectivity index (χ0v) is 18.4. The predicted molar refractivity (Wildman–Crippen MR) is 119 cm³/mol. The molecule has 2 N–H and O–H groups in total. The molecule has 170 valence electrons. The maximum Gasteiger partial charge on any atom is 0.387 e. The van der Waals surface area contributed by atoms with E-state index in [-0.39, 0.29) is 22.0 Å². The number of rotatable bonds is 9. The Morgan fingerprint density at radius 1 is 1.25 bits per heavy atom. The minimum Gasteiger partial charge on any atom is -0.435 e. The predicted octanol–water partition coefficient (Wildman–Crippen LogP) is 4.19. The van der Waals surface area contributed by atoms with Crippen molar-refractivity contribution in [3.8, 4) is 5.75 Å². The summed E-state index contributed by atoms with van der Waals surface area (Å²) >= 11 is 5.30. The molecule has 1 amide bonds. The summed E-state index contributed by atoms with van der Waals surface area (Å²) in [5.74, 6) is -0.373. The monoisotopic (exact) mass is 463 g/mol. The molecular weight excluding hydrogens is 440 g/mol. The van der Waals surface area contributed by atoms with Gasteiger partial charge in [0.2, 0.25) is 0 Å². The average Bonchev–Trinajstić information content (AvgIpc) is 2.75. The molecule has 0 radical (unpaired) electrons. The maximum absolute atomic E-state index is 12.8. The number of alkyl halides is 2. The lowest BCUT2D eigenvalue weighted by Crippen LogP contribution is -2.27. The molecule has 1 aromatic heterocycles. The molecule has 0 aliphatic rings. The van der Waals surface area contributed by atoms with Crippen LogP contribution in [0.1, 0.15) is 35.3 Å². The summed E-state index contributed by atoms with van der Waals surface area (Å²) in [5.41, 5.74) is 1.15. The molecule has 0 saturated carbocycles. The van der Waals surface area contributed by atoms with Crippen molar-refractivity contribution in [2.45, 2.75) is 32.5 Å². The normalized spacial score (nSPS) is 12.2. The Morgan fingerprint density at radius 2 is 2.03 bits per heavy atom. The molecule has 3 rings (SSSR count). The third-order valence-corrected chi connectivity index (χ3v) is 5.23. The lowest BCUT2D eigenvalue weighted by atomic mass is 10.1. The smallest absolute Gasteiger partial charge is 0.387 e. The number of fused-ring (bicyclic) bond motifs is 1. The minimum absolute atomic E-state index is 0.0126. The van der Waals surface area contributed by atoms with Gasteiger partial charge >= 0.3 is 6.61 Å². The summed E-state index contributed by atoms with van der Waals surface area (Å²) in [6.07, 6.45) is 0.640. The highest BCUT2D eigenvalue weighted by atomic mass is 32.1. The van der Waals surface area contributed by atoms with Gasteiger partial charge in [0.1, 0.15) is 5.75 Å². The highest BCUT2D eigenvalue weighted by molar-refractivity contribution is 7.71. The van der Waals surface area contributed by atoms with Crippen molar-refractivity contribution >= 4 is 29.0 Å². The van der Waals surface area contributed by atoms with E-state index in [0.29, 0.717) is 41.6 Å². The van der Waals surface area contributed by atoms with Crippen LogP contribution < -0.4 is 15.6 Å². The topological polar surface area (TPSA) is 85.3 Å². The number of nitrogens with one attached hydrogen (secondary N) is 2. The number of ether oxygens (including phenoxy) is 2. The molecule has 0 aliphatic carbocycles. The molecule has 2 aromatic carbocycles. The van der Waals surface area contributed by atoms with Gasteiger partial charge < -0.3 is 19.8 Å². The van der Waals surface area contributed by atoms with Crippen LogP contribution in [0.3, 0.4) is 0 Å². The van der Waals surface area contributed by atoms with E-state index in [1.54, 1.807) is 44.4 Å². The maximum atomic E-state index is 12.8. The van der Waals surface area contributed by atoms with Crippen LogP contribution in [-0.4, -0.2) is 35.8 Å². The summed E-state index contributed by atoms with van der Waals surface area (Å²) in [7, 11) is 1.59. The summed E-state index contributed by atoms with van der Waals surface area (Å²) in [4.78, 5) is 28.5. The first-order valence-electron chi connectivity index (χ1n) is 9.91. The van der Waals surface area contributed by atoms with Crippen LogP contribution in [0.4, 0.5) is 8.78 Å². The molecule has 32 heavy (non-hydrogen) atoms. The van der Waals surface area contributed by atoms with Crippen LogP contribution in [0.15, 0.2) is 47.3 Å². The van der Waals surface area contributed by atoms with Crippen LogP contribution >= 0.6 is 12.2 Å². The van der Waals surface area contributed by atoms with Gasteiger partial charge in [0.05, 0.1) is 16.9 Å². The fourth-order valence-electron chi connectivity index (χ4n) is 3.29. The van der Waals surface area contributed by atoms with Crippen molar-refractivity contribution in [2.24, 2.45) is 0 Å². The Morgan fingerprint density at radius 3 is 2.75 bits per heavy atom. The number of hydrogen-bond donors (Lipinski definition) is 2. The van der Waals surface area contributed by atoms with Gasteiger partial charge in [-0.2, -0.15) is 8.78 Å². The molecule has 0 spiro atoms. The molecule has 0 aliphatic heterocycles. The number of hydrogen-bond acceptors (Lipinski definition) is 5. The third-order valence-electron chi connectivity index (χ3n) is 4.91. The van der Waals surface area contributed by atoms with Crippen molar-refractivity contribution in [1.29, 1.82) is 0 Å². The highest BCUT2D eigenvalue weighted by Gasteiger charge is 2.15. The fourth-order valence-corrected chi connectivity index (χ4v) is 3.57. The van der Waals surface area contributed by atoms with E-state index < -0.39 is 12.7 Å². The van der Waals surface area contributed by atoms with Crippen molar-refractivity contribution in [2.75, 3.05) is 13.7 Å². The summed E-state index contributed by atoms with van der Waals surface area (Å²) < 4.78 is 36.0. The zero-order chi connectivity index (χ0) is 23.3. The van der Waals surface area contributed by atoms with Gasteiger partial charge in [0, 0.05) is 25.8 Å². The molecule has 1 atom stereocenters.